The summed E-state index contributed by atoms with van der Waals surface area (Å²) in [5.74, 6) is 1.23. The van der Waals surface area contributed by atoms with Crippen molar-refractivity contribution in [3.05, 3.63) is 125 Å². The van der Waals surface area contributed by atoms with Gasteiger partial charge in [0.1, 0.15) is 5.75 Å². The van der Waals surface area contributed by atoms with Gasteiger partial charge in [-0.1, -0.05) is 78.9 Å². The number of anilines is 2. The van der Waals surface area contributed by atoms with Crippen molar-refractivity contribution in [3.8, 4) is 5.75 Å². The zero-order chi connectivity index (χ0) is 28.0. The Hall–Kier alpha value is -4.09. The molecule has 0 saturated carbocycles. The van der Waals surface area contributed by atoms with Crippen LogP contribution in [0.2, 0.25) is 0 Å². The van der Waals surface area contributed by atoms with Crippen molar-refractivity contribution in [2.75, 3.05) is 55.7 Å². The maximum atomic E-state index is 13.7. The summed E-state index contributed by atoms with van der Waals surface area (Å²) in [7, 11) is 0. The van der Waals surface area contributed by atoms with E-state index in [1.807, 2.05) is 36.1 Å². The third-order valence-corrected chi connectivity index (χ3v) is 8.50. The molecule has 0 N–H and O–H groups in total. The second-order valence-corrected chi connectivity index (χ2v) is 10.9. The number of piperazine rings is 1. The van der Waals surface area contributed by atoms with Gasteiger partial charge in [-0.05, 0) is 67.3 Å². The molecule has 0 atom stereocenters. The summed E-state index contributed by atoms with van der Waals surface area (Å²) in [6, 6.07) is 36.1. The molecule has 5 heteroatoms. The topological polar surface area (TPSA) is 36.0 Å². The molecule has 5 nitrogen and oxygen atoms in total. The van der Waals surface area contributed by atoms with Crippen LogP contribution in [0.5, 0.6) is 5.75 Å². The van der Waals surface area contributed by atoms with E-state index in [2.05, 4.69) is 88.7 Å². The highest BCUT2D eigenvalue weighted by atomic mass is 16.5. The first-order chi connectivity index (χ1) is 20.2. The Bertz CT molecular complexity index is 1410. The maximum Gasteiger partial charge on any atom is 0.258 e. The Morgan fingerprint density at radius 2 is 1.41 bits per heavy atom. The molecule has 0 spiro atoms. The van der Waals surface area contributed by atoms with E-state index in [1.165, 1.54) is 11.1 Å². The fourth-order valence-corrected chi connectivity index (χ4v) is 6.28. The molecular weight excluding hydrogens is 506 g/mol. The van der Waals surface area contributed by atoms with Crippen LogP contribution in [-0.2, 0) is 6.42 Å². The van der Waals surface area contributed by atoms with Crippen molar-refractivity contribution in [2.24, 2.45) is 0 Å². The number of ether oxygens (including phenoxy) is 1. The SMILES string of the molecule is CCOc1ccccc1N1CCc2ccc(N3CCN(CCC(c4ccccc4)c4ccccc4)CC3)cc2C1=O. The number of para-hydroxylation sites is 2. The normalized spacial score (nSPS) is 15.7. The number of nitrogens with zero attached hydrogens (tertiary/aromatic N) is 3. The van der Waals surface area contributed by atoms with E-state index < -0.39 is 0 Å². The smallest absolute Gasteiger partial charge is 0.258 e. The summed E-state index contributed by atoms with van der Waals surface area (Å²) in [5.41, 5.74) is 6.71. The average Bonchev–Trinajstić information content (AvgIpc) is 3.03. The molecule has 1 fully saturated rings. The Balaban J connectivity index is 1.11. The van der Waals surface area contributed by atoms with Gasteiger partial charge in [0.25, 0.3) is 5.91 Å². The zero-order valence-corrected chi connectivity index (χ0v) is 23.9. The van der Waals surface area contributed by atoms with Gasteiger partial charge in [0.2, 0.25) is 0 Å². The minimum absolute atomic E-state index is 0.0618. The number of hydrogen-bond donors (Lipinski definition) is 0. The van der Waals surface area contributed by atoms with E-state index in [-0.39, 0.29) is 5.91 Å². The third kappa shape index (κ3) is 6.01. The van der Waals surface area contributed by atoms with Crippen molar-refractivity contribution in [2.45, 2.75) is 25.7 Å². The molecule has 0 aliphatic carbocycles. The van der Waals surface area contributed by atoms with Gasteiger partial charge in [-0.15, -0.1) is 0 Å². The van der Waals surface area contributed by atoms with Gasteiger partial charge in [0.15, 0.2) is 0 Å². The van der Waals surface area contributed by atoms with E-state index >= 15 is 0 Å². The number of carbonyl (C=O) groups is 1. The molecule has 4 aromatic carbocycles. The number of benzene rings is 4. The van der Waals surface area contributed by atoms with Gasteiger partial charge in [-0.3, -0.25) is 9.69 Å². The van der Waals surface area contributed by atoms with Crippen LogP contribution in [0.15, 0.2) is 103 Å². The fraction of sp³-hybridized carbons (Fsp3) is 0.306. The average molecular weight is 546 g/mol. The van der Waals surface area contributed by atoms with Crippen LogP contribution in [0.3, 0.4) is 0 Å². The molecule has 41 heavy (non-hydrogen) atoms. The Kier molecular flexibility index (Phi) is 8.33. The number of fused-ring (bicyclic) bond motifs is 1. The summed E-state index contributed by atoms with van der Waals surface area (Å²) in [5, 5.41) is 0. The molecule has 0 unspecified atom stereocenters. The van der Waals surface area contributed by atoms with Gasteiger partial charge in [-0.2, -0.15) is 0 Å². The van der Waals surface area contributed by atoms with E-state index in [0.29, 0.717) is 19.1 Å². The summed E-state index contributed by atoms with van der Waals surface area (Å²) in [4.78, 5) is 20.6. The van der Waals surface area contributed by atoms with Crippen LogP contribution in [0.4, 0.5) is 11.4 Å². The third-order valence-electron chi connectivity index (χ3n) is 8.50. The van der Waals surface area contributed by atoms with E-state index in [1.54, 1.807) is 0 Å². The lowest BCUT2D eigenvalue weighted by Crippen LogP contribution is -2.47. The first-order valence-corrected chi connectivity index (χ1v) is 14.9. The second kappa shape index (κ2) is 12.6. The molecule has 0 aromatic heterocycles. The summed E-state index contributed by atoms with van der Waals surface area (Å²) < 4.78 is 5.83. The molecule has 6 rings (SSSR count). The Morgan fingerprint density at radius 1 is 0.756 bits per heavy atom. The Labute approximate surface area is 244 Å². The number of amides is 1. The lowest BCUT2D eigenvalue weighted by molar-refractivity contribution is 0.0979. The van der Waals surface area contributed by atoms with Gasteiger partial charge in [0, 0.05) is 49.9 Å². The van der Waals surface area contributed by atoms with Crippen molar-refractivity contribution >= 4 is 17.3 Å². The van der Waals surface area contributed by atoms with E-state index in [9.17, 15) is 4.79 Å². The van der Waals surface area contributed by atoms with Gasteiger partial charge >= 0.3 is 0 Å². The minimum Gasteiger partial charge on any atom is -0.492 e. The highest BCUT2D eigenvalue weighted by Crippen LogP contribution is 2.34. The van der Waals surface area contributed by atoms with Crippen LogP contribution >= 0.6 is 0 Å². The fourth-order valence-electron chi connectivity index (χ4n) is 6.28. The molecule has 2 aliphatic heterocycles. The predicted molar refractivity (Wildman–Crippen MR) is 167 cm³/mol. The number of carbonyl (C=O) groups excluding carboxylic acids is 1. The quantitative estimate of drug-likeness (QED) is 0.236. The number of hydrogen-bond acceptors (Lipinski definition) is 4. The number of rotatable bonds is 9. The first kappa shape index (κ1) is 27.1. The highest BCUT2D eigenvalue weighted by Gasteiger charge is 2.29. The van der Waals surface area contributed by atoms with Gasteiger partial charge in [-0.25, -0.2) is 0 Å². The molecule has 210 valence electrons. The monoisotopic (exact) mass is 545 g/mol. The first-order valence-electron chi connectivity index (χ1n) is 14.9. The second-order valence-electron chi connectivity index (χ2n) is 10.9. The van der Waals surface area contributed by atoms with Crippen LogP contribution in [-0.4, -0.2) is 56.7 Å². The van der Waals surface area contributed by atoms with Crippen LogP contribution < -0.4 is 14.5 Å². The van der Waals surface area contributed by atoms with Crippen molar-refractivity contribution in [1.82, 2.24) is 4.90 Å². The van der Waals surface area contributed by atoms with Crippen molar-refractivity contribution < 1.29 is 9.53 Å². The standard InChI is InChI=1S/C36H39N3O2/c1-2-41-35-16-10-9-15-34(35)39-22-19-30-17-18-31(27-33(30)36(39)40)38-25-23-37(24-26-38)21-20-32(28-11-5-3-6-12-28)29-13-7-4-8-14-29/h3-18,27,32H,2,19-26H2,1H3. The summed E-state index contributed by atoms with van der Waals surface area (Å²) in [6.45, 7) is 8.26. The lowest BCUT2D eigenvalue weighted by Gasteiger charge is -2.37. The lowest BCUT2D eigenvalue weighted by atomic mass is 9.88. The molecule has 1 saturated heterocycles. The zero-order valence-electron chi connectivity index (χ0n) is 23.9. The summed E-state index contributed by atoms with van der Waals surface area (Å²) in [6.07, 6.45) is 1.94. The predicted octanol–water partition coefficient (Wildman–Crippen LogP) is 6.63. The Morgan fingerprint density at radius 3 is 2.10 bits per heavy atom. The molecule has 1 amide bonds. The maximum absolute atomic E-state index is 13.7. The van der Waals surface area contributed by atoms with Crippen LogP contribution in [0.25, 0.3) is 0 Å². The molecular formula is C36H39N3O2. The minimum atomic E-state index is 0.0618. The highest BCUT2D eigenvalue weighted by molar-refractivity contribution is 6.09. The van der Waals surface area contributed by atoms with Gasteiger partial charge in [0.05, 0.1) is 12.3 Å². The largest absolute Gasteiger partial charge is 0.492 e. The van der Waals surface area contributed by atoms with E-state index in [0.717, 1.165) is 73.8 Å². The molecule has 4 aromatic rings. The van der Waals surface area contributed by atoms with E-state index in [4.69, 9.17) is 4.74 Å². The van der Waals surface area contributed by atoms with Gasteiger partial charge < -0.3 is 14.5 Å². The van der Waals surface area contributed by atoms with Crippen LogP contribution in [0.1, 0.15) is 46.3 Å². The van der Waals surface area contributed by atoms with Crippen molar-refractivity contribution in [3.63, 3.8) is 0 Å². The molecule has 2 aliphatic rings. The summed E-state index contributed by atoms with van der Waals surface area (Å²) >= 11 is 0. The van der Waals surface area contributed by atoms with Crippen molar-refractivity contribution in [1.29, 1.82) is 0 Å². The molecule has 2 heterocycles. The van der Waals surface area contributed by atoms with Crippen LogP contribution in [0, 0.1) is 0 Å². The molecule has 0 bridgehead atoms. The molecule has 0 radical (unpaired) electrons.